The summed E-state index contributed by atoms with van der Waals surface area (Å²) in [7, 11) is 0. The molecule has 0 rings (SSSR count). The third kappa shape index (κ3) is 6.89. The molecule has 1 atom stereocenters. The maximum Gasteiger partial charge on any atom is 0.309 e. The van der Waals surface area contributed by atoms with Gasteiger partial charge < -0.3 is 10.1 Å². The molecule has 0 radical (unpaired) electrons. The van der Waals surface area contributed by atoms with Gasteiger partial charge in [0.05, 0.1) is 12.5 Å². The van der Waals surface area contributed by atoms with Crippen LogP contribution in [0.25, 0.3) is 0 Å². The highest BCUT2D eigenvalue weighted by molar-refractivity contribution is 5.72. The molecule has 84 valence electrons. The summed E-state index contributed by atoms with van der Waals surface area (Å²) in [5.41, 5.74) is 0. The second kappa shape index (κ2) is 7.80. The molecule has 0 aliphatic carbocycles. The maximum absolute atomic E-state index is 11.2. The van der Waals surface area contributed by atoms with Crippen LogP contribution >= 0.6 is 0 Å². The third-order valence-corrected chi connectivity index (χ3v) is 2.04. The number of ether oxygens (including phenoxy) is 1. The fourth-order valence-corrected chi connectivity index (χ4v) is 1.08. The van der Waals surface area contributed by atoms with Crippen LogP contribution in [0, 0.1) is 11.8 Å². The summed E-state index contributed by atoms with van der Waals surface area (Å²) in [5.74, 6) is 0.562. The second-order valence-electron chi connectivity index (χ2n) is 4.04. The smallest absolute Gasteiger partial charge is 0.309 e. The SMILES string of the molecule is CCOC(=O)C(C)CNCCC(C)C. The number of carbonyl (C=O) groups excluding carboxylic acids is 1. The topological polar surface area (TPSA) is 38.3 Å². The largest absolute Gasteiger partial charge is 0.466 e. The van der Waals surface area contributed by atoms with Crippen LogP contribution in [0.3, 0.4) is 0 Å². The zero-order chi connectivity index (χ0) is 11.0. The van der Waals surface area contributed by atoms with Gasteiger partial charge in [-0.2, -0.15) is 0 Å². The predicted molar refractivity (Wildman–Crippen MR) is 58.1 cm³/mol. The molecule has 1 unspecified atom stereocenters. The molecule has 3 nitrogen and oxygen atoms in total. The van der Waals surface area contributed by atoms with Crippen molar-refractivity contribution in [3.63, 3.8) is 0 Å². The zero-order valence-electron chi connectivity index (χ0n) is 9.80. The van der Waals surface area contributed by atoms with Crippen molar-refractivity contribution in [1.29, 1.82) is 0 Å². The molecule has 14 heavy (non-hydrogen) atoms. The molecule has 0 bridgehead atoms. The lowest BCUT2D eigenvalue weighted by atomic mass is 10.1. The highest BCUT2D eigenvalue weighted by atomic mass is 16.5. The Labute approximate surface area is 87.2 Å². The van der Waals surface area contributed by atoms with Crippen LogP contribution in [0.15, 0.2) is 0 Å². The van der Waals surface area contributed by atoms with Gasteiger partial charge in [-0.1, -0.05) is 20.8 Å². The number of esters is 1. The fraction of sp³-hybridized carbons (Fsp3) is 0.909. The standard InChI is InChI=1S/C11H23NO2/c1-5-14-11(13)10(4)8-12-7-6-9(2)3/h9-10,12H,5-8H2,1-4H3. The number of hydrogen-bond acceptors (Lipinski definition) is 3. The van der Waals surface area contributed by atoms with E-state index in [4.69, 9.17) is 4.74 Å². The van der Waals surface area contributed by atoms with Crippen molar-refractivity contribution >= 4 is 5.97 Å². The van der Waals surface area contributed by atoms with E-state index in [1.165, 1.54) is 0 Å². The van der Waals surface area contributed by atoms with E-state index in [1.54, 1.807) is 0 Å². The van der Waals surface area contributed by atoms with Gasteiger partial charge >= 0.3 is 5.97 Å². The van der Waals surface area contributed by atoms with E-state index in [0.29, 0.717) is 19.1 Å². The van der Waals surface area contributed by atoms with Crippen molar-refractivity contribution in [2.75, 3.05) is 19.7 Å². The van der Waals surface area contributed by atoms with Gasteiger partial charge in [-0.3, -0.25) is 4.79 Å². The summed E-state index contributed by atoms with van der Waals surface area (Å²) >= 11 is 0. The van der Waals surface area contributed by atoms with Crippen LogP contribution in [0.5, 0.6) is 0 Å². The average Bonchev–Trinajstić information content (AvgIpc) is 2.12. The van der Waals surface area contributed by atoms with Crippen LogP contribution in [0.4, 0.5) is 0 Å². The quantitative estimate of drug-likeness (QED) is 0.504. The normalized spacial score (nSPS) is 12.9. The van der Waals surface area contributed by atoms with Gasteiger partial charge in [0.1, 0.15) is 0 Å². The Morgan fingerprint density at radius 2 is 2.00 bits per heavy atom. The van der Waals surface area contributed by atoms with Gasteiger partial charge in [-0.05, 0) is 25.8 Å². The van der Waals surface area contributed by atoms with Crippen molar-refractivity contribution in [2.24, 2.45) is 11.8 Å². The lowest BCUT2D eigenvalue weighted by molar-refractivity contribution is -0.147. The molecule has 0 aliphatic heterocycles. The first-order chi connectivity index (χ1) is 6.57. The maximum atomic E-state index is 11.2. The van der Waals surface area contributed by atoms with E-state index in [-0.39, 0.29) is 11.9 Å². The van der Waals surface area contributed by atoms with E-state index < -0.39 is 0 Å². The van der Waals surface area contributed by atoms with Gasteiger partial charge in [0.25, 0.3) is 0 Å². The van der Waals surface area contributed by atoms with E-state index in [9.17, 15) is 4.79 Å². The minimum absolute atomic E-state index is 0.0397. The van der Waals surface area contributed by atoms with Crippen LogP contribution in [0.2, 0.25) is 0 Å². The molecule has 0 aromatic carbocycles. The number of hydrogen-bond donors (Lipinski definition) is 1. The van der Waals surface area contributed by atoms with Crippen molar-refractivity contribution < 1.29 is 9.53 Å². The summed E-state index contributed by atoms with van der Waals surface area (Å²) in [4.78, 5) is 11.2. The lowest BCUT2D eigenvalue weighted by Crippen LogP contribution is -2.29. The average molecular weight is 201 g/mol. The highest BCUT2D eigenvalue weighted by Gasteiger charge is 2.12. The predicted octanol–water partition coefficient (Wildman–Crippen LogP) is 1.82. The summed E-state index contributed by atoms with van der Waals surface area (Å²) in [6, 6.07) is 0. The van der Waals surface area contributed by atoms with E-state index in [2.05, 4.69) is 19.2 Å². The highest BCUT2D eigenvalue weighted by Crippen LogP contribution is 1.99. The molecular weight excluding hydrogens is 178 g/mol. The molecule has 1 N–H and O–H groups in total. The Morgan fingerprint density at radius 1 is 1.36 bits per heavy atom. The summed E-state index contributed by atoms with van der Waals surface area (Å²) < 4.78 is 4.90. The van der Waals surface area contributed by atoms with E-state index in [0.717, 1.165) is 13.0 Å². The van der Waals surface area contributed by atoms with Crippen LogP contribution in [-0.2, 0) is 9.53 Å². The molecule has 0 heterocycles. The second-order valence-corrected chi connectivity index (χ2v) is 4.04. The number of rotatable bonds is 7. The molecule has 0 aromatic rings. The molecule has 0 saturated heterocycles. The summed E-state index contributed by atoms with van der Waals surface area (Å²) in [5, 5.41) is 3.25. The Hall–Kier alpha value is -0.570. The van der Waals surface area contributed by atoms with Crippen LogP contribution < -0.4 is 5.32 Å². The molecule has 0 saturated carbocycles. The molecule has 0 fully saturated rings. The zero-order valence-corrected chi connectivity index (χ0v) is 9.80. The molecular formula is C11H23NO2. The van der Waals surface area contributed by atoms with E-state index in [1.807, 2.05) is 13.8 Å². The fourth-order valence-electron chi connectivity index (χ4n) is 1.08. The third-order valence-electron chi connectivity index (χ3n) is 2.04. The molecule has 0 amide bonds. The summed E-state index contributed by atoms with van der Waals surface area (Å²) in [6.07, 6.45) is 1.15. The minimum Gasteiger partial charge on any atom is -0.466 e. The van der Waals surface area contributed by atoms with Gasteiger partial charge in [0, 0.05) is 6.54 Å². The Kier molecular flexibility index (Phi) is 7.48. The minimum atomic E-state index is -0.107. The monoisotopic (exact) mass is 201 g/mol. The number of carbonyl (C=O) groups is 1. The van der Waals surface area contributed by atoms with E-state index >= 15 is 0 Å². The first-order valence-electron chi connectivity index (χ1n) is 5.45. The van der Waals surface area contributed by atoms with Crippen molar-refractivity contribution in [2.45, 2.75) is 34.1 Å². The molecule has 3 heteroatoms. The number of nitrogens with one attached hydrogen (secondary N) is 1. The first-order valence-corrected chi connectivity index (χ1v) is 5.45. The molecule has 0 spiro atoms. The summed E-state index contributed by atoms with van der Waals surface area (Å²) in [6.45, 7) is 10.3. The van der Waals surface area contributed by atoms with Crippen LogP contribution in [-0.4, -0.2) is 25.7 Å². The van der Waals surface area contributed by atoms with Gasteiger partial charge in [0.2, 0.25) is 0 Å². The van der Waals surface area contributed by atoms with Crippen molar-refractivity contribution in [3.8, 4) is 0 Å². The Balaban J connectivity index is 3.43. The van der Waals surface area contributed by atoms with Crippen molar-refractivity contribution in [3.05, 3.63) is 0 Å². The Morgan fingerprint density at radius 3 is 2.50 bits per heavy atom. The Bertz CT molecular complexity index is 157. The van der Waals surface area contributed by atoms with Crippen molar-refractivity contribution in [1.82, 2.24) is 5.32 Å². The molecule has 0 aromatic heterocycles. The van der Waals surface area contributed by atoms with Gasteiger partial charge in [0.15, 0.2) is 0 Å². The first kappa shape index (κ1) is 13.4. The van der Waals surface area contributed by atoms with Gasteiger partial charge in [-0.25, -0.2) is 0 Å². The van der Waals surface area contributed by atoms with Crippen LogP contribution in [0.1, 0.15) is 34.1 Å². The van der Waals surface area contributed by atoms with Gasteiger partial charge in [-0.15, -0.1) is 0 Å². The lowest BCUT2D eigenvalue weighted by Gasteiger charge is -2.12. The molecule has 0 aliphatic rings.